The van der Waals surface area contributed by atoms with Crippen LogP contribution in [0.5, 0.6) is 0 Å². The third kappa shape index (κ3) is 4.16. The summed E-state index contributed by atoms with van der Waals surface area (Å²) < 4.78 is 4.76. The maximum Gasteiger partial charge on any atom is 0.225 e. The first-order valence-corrected chi connectivity index (χ1v) is 5.35. The highest BCUT2D eigenvalue weighted by atomic mass is 16.5. The van der Waals surface area contributed by atoms with Gasteiger partial charge in [-0.2, -0.15) is 0 Å². The van der Waals surface area contributed by atoms with Crippen LogP contribution >= 0.6 is 0 Å². The van der Waals surface area contributed by atoms with E-state index in [2.05, 4.69) is 10.6 Å². The van der Waals surface area contributed by atoms with Crippen LogP contribution < -0.4 is 10.6 Å². The van der Waals surface area contributed by atoms with Gasteiger partial charge < -0.3 is 20.5 Å². The fraction of sp³-hybridized carbons (Fsp3) is 0.800. The largest absolute Gasteiger partial charge is 0.391 e. The zero-order valence-corrected chi connectivity index (χ0v) is 9.36. The van der Waals surface area contributed by atoms with Gasteiger partial charge in [-0.15, -0.1) is 0 Å². The molecule has 0 saturated carbocycles. The molecule has 16 heavy (non-hydrogen) atoms. The van der Waals surface area contributed by atoms with Crippen LogP contribution in [0.1, 0.15) is 12.8 Å². The Balaban J connectivity index is 2.13. The number of methoxy groups -OCH3 is 1. The molecule has 1 saturated heterocycles. The fourth-order valence-corrected chi connectivity index (χ4v) is 1.57. The van der Waals surface area contributed by atoms with Gasteiger partial charge in [0.05, 0.1) is 18.6 Å². The smallest absolute Gasteiger partial charge is 0.225 e. The normalized spacial score (nSPS) is 21.6. The van der Waals surface area contributed by atoms with Gasteiger partial charge >= 0.3 is 0 Å². The molecule has 1 rings (SSSR count). The van der Waals surface area contributed by atoms with Gasteiger partial charge in [0, 0.05) is 26.6 Å². The molecule has 1 aliphatic rings. The van der Waals surface area contributed by atoms with Crippen molar-refractivity contribution in [2.75, 3.05) is 26.8 Å². The summed E-state index contributed by atoms with van der Waals surface area (Å²) in [6, 6.07) is 0. The minimum absolute atomic E-state index is 0.0837. The number of aliphatic hydroxyl groups is 1. The van der Waals surface area contributed by atoms with Crippen LogP contribution in [0.25, 0.3) is 0 Å². The summed E-state index contributed by atoms with van der Waals surface area (Å²) in [7, 11) is 1.51. The van der Waals surface area contributed by atoms with E-state index in [1.165, 1.54) is 7.11 Å². The maximum atomic E-state index is 11.5. The van der Waals surface area contributed by atoms with Crippen LogP contribution in [0.2, 0.25) is 0 Å². The van der Waals surface area contributed by atoms with Crippen molar-refractivity contribution in [2.24, 2.45) is 5.92 Å². The Hall–Kier alpha value is -1.14. The Kier molecular flexibility index (Phi) is 5.21. The predicted molar refractivity (Wildman–Crippen MR) is 56.6 cm³/mol. The Morgan fingerprint density at radius 2 is 2.50 bits per heavy atom. The third-order valence-corrected chi connectivity index (χ3v) is 2.48. The van der Waals surface area contributed by atoms with Crippen molar-refractivity contribution in [3.63, 3.8) is 0 Å². The van der Waals surface area contributed by atoms with Crippen LogP contribution in [-0.2, 0) is 14.3 Å². The van der Waals surface area contributed by atoms with Gasteiger partial charge in [-0.1, -0.05) is 0 Å². The summed E-state index contributed by atoms with van der Waals surface area (Å²) in [6.07, 6.45) is 0.147. The first-order valence-electron chi connectivity index (χ1n) is 5.35. The Morgan fingerprint density at radius 3 is 3.06 bits per heavy atom. The predicted octanol–water partition coefficient (Wildman–Crippen LogP) is -1.36. The summed E-state index contributed by atoms with van der Waals surface area (Å²) in [4.78, 5) is 22.4. The molecule has 2 amide bonds. The zero-order valence-electron chi connectivity index (χ0n) is 9.36. The number of rotatable bonds is 6. The second kappa shape index (κ2) is 6.44. The van der Waals surface area contributed by atoms with Crippen molar-refractivity contribution >= 4 is 11.8 Å². The number of ether oxygens (including phenoxy) is 1. The average molecular weight is 230 g/mol. The molecule has 0 aromatic rings. The first-order chi connectivity index (χ1) is 7.63. The van der Waals surface area contributed by atoms with E-state index in [0.717, 1.165) is 0 Å². The molecular weight excluding hydrogens is 212 g/mol. The van der Waals surface area contributed by atoms with Crippen molar-refractivity contribution in [3.05, 3.63) is 0 Å². The lowest BCUT2D eigenvalue weighted by atomic mass is 10.1. The van der Waals surface area contributed by atoms with E-state index in [4.69, 9.17) is 4.74 Å². The van der Waals surface area contributed by atoms with Gasteiger partial charge in [0.15, 0.2) is 0 Å². The van der Waals surface area contributed by atoms with Crippen LogP contribution in [-0.4, -0.2) is 49.8 Å². The van der Waals surface area contributed by atoms with E-state index in [9.17, 15) is 14.7 Å². The van der Waals surface area contributed by atoms with Crippen LogP contribution in [0.15, 0.2) is 0 Å². The molecule has 1 fully saturated rings. The van der Waals surface area contributed by atoms with Gasteiger partial charge in [0.2, 0.25) is 11.8 Å². The number of aliphatic hydroxyl groups excluding tert-OH is 1. The number of carbonyl (C=O) groups is 2. The molecule has 0 spiro atoms. The van der Waals surface area contributed by atoms with Crippen molar-refractivity contribution in [3.8, 4) is 0 Å². The van der Waals surface area contributed by atoms with Crippen molar-refractivity contribution in [1.29, 1.82) is 0 Å². The molecule has 0 bridgehead atoms. The molecular formula is C10H18N2O4. The van der Waals surface area contributed by atoms with Gasteiger partial charge in [0.1, 0.15) is 0 Å². The molecule has 0 aromatic heterocycles. The van der Waals surface area contributed by atoms with E-state index in [1.54, 1.807) is 0 Å². The Labute approximate surface area is 94.3 Å². The fourth-order valence-electron chi connectivity index (χ4n) is 1.57. The third-order valence-electron chi connectivity index (χ3n) is 2.48. The number of hydrogen-bond acceptors (Lipinski definition) is 4. The highest BCUT2D eigenvalue weighted by Gasteiger charge is 2.27. The van der Waals surface area contributed by atoms with Crippen molar-refractivity contribution in [2.45, 2.75) is 18.9 Å². The summed E-state index contributed by atoms with van der Waals surface area (Å²) >= 11 is 0. The molecule has 0 radical (unpaired) electrons. The minimum Gasteiger partial charge on any atom is -0.391 e. The van der Waals surface area contributed by atoms with Gasteiger partial charge in [-0.25, -0.2) is 0 Å². The van der Waals surface area contributed by atoms with Gasteiger partial charge in [0.25, 0.3) is 0 Å². The molecule has 6 nitrogen and oxygen atoms in total. The zero-order chi connectivity index (χ0) is 12.0. The quantitative estimate of drug-likeness (QED) is 0.525. The molecule has 0 aromatic carbocycles. The summed E-state index contributed by atoms with van der Waals surface area (Å²) in [5.41, 5.74) is 0. The number of amides is 2. The van der Waals surface area contributed by atoms with Crippen LogP contribution in [0.3, 0.4) is 0 Å². The second-order valence-electron chi connectivity index (χ2n) is 3.89. The minimum atomic E-state index is -0.561. The Morgan fingerprint density at radius 1 is 1.75 bits per heavy atom. The molecule has 0 aliphatic carbocycles. The SMILES string of the molecule is COCC(O)CCNC(=O)C1CNC(=O)C1. The Bertz CT molecular complexity index is 257. The lowest BCUT2D eigenvalue weighted by Gasteiger charge is -2.12. The van der Waals surface area contributed by atoms with E-state index in [1.807, 2.05) is 0 Å². The van der Waals surface area contributed by atoms with Crippen molar-refractivity contribution < 1.29 is 19.4 Å². The molecule has 2 unspecified atom stereocenters. The lowest BCUT2D eigenvalue weighted by Crippen LogP contribution is -2.34. The number of hydrogen-bond donors (Lipinski definition) is 3. The second-order valence-corrected chi connectivity index (χ2v) is 3.89. The molecule has 3 N–H and O–H groups in total. The van der Waals surface area contributed by atoms with Crippen LogP contribution in [0, 0.1) is 5.92 Å². The highest BCUT2D eigenvalue weighted by molar-refractivity contribution is 5.89. The average Bonchev–Trinajstić information content (AvgIpc) is 2.65. The summed E-state index contributed by atoms with van der Waals surface area (Å²) in [6.45, 7) is 1.07. The number of carbonyl (C=O) groups excluding carboxylic acids is 2. The van der Waals surface area contributed by atoms with Crippen LogP contribution in [0.4, 0.5) is 0 Å². The van der Waals surface area contributed by atoms with Gasteiger partial charge in [-0.3, -0.25) is 9.59 Å². The lowest BCUT2D eigenvalue weighted by molar-refractivity contribution is -0.126. The standard InChI is InChI=1S/C10H18N2O4/c1-16-6-8(13)2-3-11-10(15)7-4-9(14)12-5-7/h7-8,13H,2-6H2,1H3,(H,11,15)(H,12,14). The molecule has 2 atom stereocenters. The van der Waals surface area contributed by atoms with Gasteiger partial charge in [-0.05, 0) is 6.42 Å². The molecule has 1 aliphatic heterocycles. The van der Waals surface area contributed by atoms with E-state index < -0.39 is 6.10 Å². The summed E-state index contributed by atoms with van der Waals surface area (Å²) in [5.74, 6) is -0.491. The number of nitrogens with one attached hydrogen (secondary N) is 2. The van der Waals surface area contributed by atoms with E-state index >= 15 is 0 Å². The van der Waals surface area contributed by atoms with Crippen molar-refractivity contribution in [1.82, 2.24) is 10.6 Å². The highest BCUT2D eigenvalue weighted by Crippen LogP contribution is 2.08. The van der Waals surface area contributed by atoms with E-state index in [-0.39, 0.29) is 30.8 Å². The topological polar surface area (TPSA) is 87.7 Å². The molecule has 6 heteroatoms. The summed E-state index contributed by atoms with van der Waals surface area (Å²) in [5, 5.41) is 14.6. The molecule has 1 heterocycles. The monoisotopic (exact) mass is 230 g/mol. The van der Waals surface area contributed by atoms with E-state index in [0.29, 0.717) is 19.5 Å². The molecule has 92 valence electrons. The maximum absolute atomic E-state index is 11.5. The first kappa shape index (κ1) is 12.9.